The molecule has 0 fully saturated rings. The Morgan fingerprint density at radius 2 is 0.424 bits per heavy atom. The Bertz CT molecular complexity index is 4630. The second kappa shape index (κ2) is 13.5. The van der Waals surface area contributed by atoms with Crippen molar-refractivity contribution in [2.45, 2.75) is 0 Å². The fourth-order valence-electron chi connectivity index (χ4n) is 12.1. The van der Waals surface area contributed by atoms with Gasteiger partial charge in [0.05, 0.1) is 0 Å². The van der Waals surface area contributed by atoms with E-state index in [1.807, 2.05) is 0 Å². The first-order valence-corrected chi connectivity index (χ1v) is 23.1. The van der Waals surface area contributed by atoms with Crippen molar-refractivity contribution in [3.05, 3.63) is 231 Å². The molecule has 0 aromatic heterocycles. The lowest BCUT2D eigenvalue weighted by Crippen LogP contribution is -1.91. The maximum Gasteiger partial charge on any atom is -0.00199 e. The molecule has 15 rings (SSSR count). The maximum absolute atomic E-state index is 2.49. The molecule has 0 heterocycles. The van der Waals surface area contributed by atoms with Crippen LogP contribution in [0.4, 0.5) is 0 Å². The van der Waals surface area contributed by atoms with Crippen molar-refractivity contribution in [2.75, 3.05) is 0 Å². The SMILES string of the molecule is c1ccc2c(c1)ccc1c3ccccc3c3cc(-c4cc5c6ccccc6c6cc(-c7cc8c9ccccc9c9ccccc9c8c8ccccc78)ccc6c5c5ccccc45)ccc3c21. The Kier molecular flexibility index (Phi) is 7.31. The molecule has 0 saturated carbocycles. The first kappa shape index (κ1) is 35.8. The van der Waals surface area contributed by atoms with Crippen LogP contribution in [0.1, 0.15) is 0 Å². The van der Waals surface area contributed by atoms with E-state index in [2.05, 4.69) is 231 Å². The van der Waals surface area contributed by atoms with Gasteiger partial charge in [-0.15, -0.1) is 0 Å². The van der Waals surface area contributed by atoms with E-state index in [-0.39, 0.29) is 0 Å². The topological polar surface area (TPSA) is 0 Å². The van der Waals surface area contributed by atoms with Crippen LogP contribution in [0.2, 0.25) is 0 Å². The molecule has 0 radical (unpaired) electrons. The van der Waals surface area contributed by atoms with Gasteiger partial charge in [-0.3, -0.25) is 0 Å². The van der Waals surface area contributed by atoms with Gasteiger partial charge in [-0.05, 0) is 176 Å². The summed E-state index contributed by atoms with van der Waals surface area (Å²) >= 11 is 0. The van der Waals surface area contributed by atoms with Gasteiger partial charge in [-0.25, -0.2) is 0 Å². The zero-order valence-electron chi connectivity index (χ0n) is 35.9. The molecule has 15 aromatic carbocycles. The van der Waals surface area contributed by atoms with Gasteiger partial charge < -0.3 is 0 Å². The fourth-order valence-corrected chi connectivity index (χ4v) is 12.1. The molecular weight excluding hydrogens is 793 g/mol. The van der Waals surface area contributed by atoms with Crippen molar-refractivity contribution in [2.24, 2.45) is 0 Å². The minimum Gasteiger partial charge on any atom is -0.0616 e. The Hall–Kier alpha value is -8.58. The molecule has 0 bridgehead atoms. The van der Waals surface area contributed by atoms with E-state index >= 15 is 0 Å². The lowest BCUT2D eigenvalue weighted by molar-refractivity contribution is 1.71. The summed E-state index contributed by atoms with van der Waals surface area (Å²) in [7, 11) is 0. The van der Waals surface area contributed by atoms with E-state index in [0.29, 0.717) is 0 Å². The lowest BCUT2D eigenvalue weighted by Gasteiger charge is -2.19. The van der Waals surface area contributed by atoms with Crippen molar-refractivity contribution < 1.29 is 0 Å². The smallest absolute Gasteiger partial charge is 0.00199 e. The number of hydrogen-bond donors (Lipinski definition) is 0. The summed E-state index contributed by atoms with van der Waals surface area (Å²) in [4.78, 5) is 0. The van der Waals surface area contributed by atoms with Crippen LogP contribution in [0.5, 0.6) is 0 Å². The second-order valence-electron chi connectivity index (χ2n) is 18.2. The molecule has 0 aliphatic rings. The third-order valence-corrected chi connectivity index (χ3v) is 14.9. The highest BCUT2D eigenvalue weighted by Crippen LogP contribution is 2.48. The third kappa shape index (κ3) is 4.88. The van der Waals surface area contributed by atoms with Gasteiger partial charge in [0.25, 0.3) is 0 Å². The van der Waals surface area contributed by atoms with E-state index in [4.69, 9.17) is 0 Å². The first-order chi connectivity index (χ1) is 32.8. The van der Waals surface area contributed by atoms with Gasteiger partial charge in [0.15, 0.2) is 0 Å². The monoisotopic (exact) mass is 830 g/mol. The summed E-state index contributed by atoms with van der Waals surface area (Å²) < 4.78 is 0. The van der Waals surface area contributed by atoms with Gasteiger partial charge in [-0.2, -0.15) is 0 Å². The van der Waals surface area contributed by atoms with Crippen LogP contribution >= 0.6 is 0 Å². The molecule has 0 aliphatic carbocycles. The van der Waals surface area contributed by atoms with E-state index in [1.54, 1.807) is 0 Å². The fraction of sp³-hybridized carbons (Fsp3) is 0. The number of hydrogen-bond acceptors (Lipinski definition) is 0. The molecule has 0 unspecified atom stereocenters. The van der Waals surface area contributed by atoms with Gasteiger partial charge in [-0.1, -0.05) is 206 Å². The summed E-state index contributed by atoms with van der Waals surface area (Å²) in [6.07, 6.45) is 0. The van der Waals surface area contributed by atoms with Crippen LogP contribution < -0.4 is 0 Å². The van der Waals surface area contributed by atoms with Crippen molar-refractivity contribution in [1.82, 2.24) is 0 Å². The predicted molar refractivity (Wildman–Crippen MR) is 287 cm³/mol. The Labute approximate surface area is 380 Å². The minimum absolute atomic E-state index is 1.23. The Balaban J connectivity index is 1.01. The van der Waals surface area contributed by atoms with Crippen LogP contribution in [0, 0.1) is 0 Å². The summed E-state index contributed by atoms with van der Waals surface area (Å²) in [5.74, 6) is 0. The molecule has 0 aliphatic heterocycles. The van der Waals surface area contributed by atoms with E-state index in [1.165, 1.54) is 152 Å². The van der Waals surface area contributed by atoms with Gasteiger partial charge in [0.1, 0.15) is 0 Å². The highest BCUT2D eigenvalue weighted by Gasteiger charge is 2.20. The molecule has 15 aromatic rings. The van der Waals surface area contributed by atoms with Gasteiger partial charge >= 0.3 is 0 Å². The average Bonchev–Trinajstić information content (AvgIpc) is 3.39. The lowest BCUT2D eigenvalue weighted by atomic mass is 9.84. The molecule has 66 heavy (non-hydrogen) atoms. The predicted octanol–water partition coefficient (Wildman–Crippen LogP) is 18.9. The van der Waals surface area contributed by atoms with Crippen LogP contribution in [0.3, 0.4) is 0 Å². The summed E-state index contributed by atoms with van der Waals surface area (Å²) in [5.41, 5.74) is 4.97. The molecule has 0 saturated heterocycles. The largest absolute Gasteiger partial charge is 0.0616 e. The van der Waals surface area contributed by atoms with Crippen LogP contribution in [0.25, 0.3) is 152 Å². The molecule has 0 N–H and O–H groups in total. The van der Waals surface area contributed by atoms with Gasteiger partial charge in [0.2, 0.25) is 0 Å². The highest BCUT2D eigenvalue weighted by molar-refractivity contribution is 6.36. The van der Waals surface area contributed by atoms with Crippen LogP contribution in [0.15, 0.2) is 231 Å². The molecular formula is C66H38. The maximum atomic E-state index is 2.49. The normalized spacial score (nSPS) is 12.2. The molecule has 302 valence electrons. The average molecular weight is 831 g/mol. The quantitative estimate of drug-likeness (QED) is 0.152. The number of fused-ring (bicyclic) bond motifs is 24. The Morgan fingerprint density at radius 1 is 0.152 bits per heavy atom. The second-order valence-corrected chi connectivity index (χ2v) is 18.2. The minimum atomic E-state index is 1.23. The third-order valence-electron chi connectivity index (χ3n) is 14.9. The first-order valence-electron chi connectivity index (χ1n) is 23.1. The highest BCUT2D eigenvalue weighted by atomic mass is 14.2. The van der Waals surface area contributed by atoms with Crippen LogP contribution in [-0.2, 0) is 0 Å². The molecule has 0 atom stereocenters. The molecule has 0 nitrogen and oxygen atoms in total. The summed E-state index contributed by atoms with van der Waals surface area (Å²) in [6, 6.07) is 86.7. The molecule has 0 heteroatoms. The zero-order valence-corrected chi connectivity index (χ0v) is 35.9. The van der Waals surface area contributed by atoms with E-state index in [9.17, 15) is 0 Å². The molecule has 0 spiro atoms. The van der Waals surface area contributed by atoms with Crippen LogP contribution in [-0.4, -0.2) is 0 Å². The zero-order chi connectivity index (χ0) is 43.0. The molecule has 0 amide bonds. The van der Waals surface area contributed by atoms with Crippen molar-refractivity contribution >= 4 is 129 Å². The number of rotatable bonds is 2. The van der Waals surface area contributed by atoms with Gasteiger partial charge in [0, 0.05) is 0 Å². The Morgan fingerprint density at radius 3 is 0.879 bits per heavy atom. The van der Waals surface area contributed by atoms with E-state index in [0.717, 1.165) is 0 Å². The summed E-state index contributed by atoms with van der Waals surface area (Å²) in [5, 5.41) is 30.9. The van der Waals surface area contributed by atoms with Crippen molar-refractivity contribution in [1.29, 1.82) is 0 Å². The summed E-state index contributed by atoms with van der Waals surface area (Å²) in [6.45, 7) is 0. The number of benzene rings is 15. The van der Waals surface area contributed by atoms with Crippen molar-refractivity contribution in [3.63, 3.8) is 0 Å². The standard InChI is InChI=1S/C66H38/c1-2-16-42-39(15-1)29-32-55-45-19-4-5-20-46(45)60-35-40(30-33-56(60)64(42)55)59-38-63-49-23-8-6-21-47(49)61-36-41(31-34-57(61)66(63)54-28-14-11-25-51(54)59)58-37-62-48-22-7-3-17-43(48)44-18-9-12-26-52(44)65(62)53-27-13-10-24-50(53)58/h1-38H. The van der Waals surface area contributed by atoms with Crippen molar-refractivity contribution in [3.8, 4) is 22.3 Å². The van der Waals surface area contributed by atoms with E-state index < -0.39 is 0 Å².